The van der Waals surface area contributed by atoms with E-state index in [4.69, 9.17) is 0 Å². The van der Waals surface area contributed by atoms with Crippen LogP contribution in [0, 0.1) is 0 Å². The summed E-state index contributed by atoms with van der Waals surface area (Å²) in [5.41, 5.74) is -0.253. The molecule has 0 saturated carbocycles. The molecule has 0 atom stereocenters. The quantitative estimate of drug-likeness (QED) is 0.552. The second-order valence-electron chi connectivity index (χ2n) is 4.07. The van der Waals surface area contributed by atoms with Crippen LogP contribution in [0.15, 0.2) is 0 Å². The number of hydrogen-bond acceptors (Lipinski definition) is 1. The molecule has 1 heterocycles. The molecule has 0 bridgehead atoms. The molecule has 0 aromatic rings. The molecular weight excluding hydrogens is 205 g/mol. The van der Waals surface area contributed by atoms with Crippen LogP contribution in [0.1, 0.15) is 26.7 Å². The molecule has 0 aromatic heterocycles. The van der Waals surface area contributed by atoms with Crippen LogP contribution < -0.4 is 51.4 Å². The predicted molar refractivity (Wildman–Crippen MR) is 44.0 cm³/mol. The van der Waals surface area contributed by atoms with Crippen LogP contribution in [0.4, 0.5) is 12.9 Å². The maximum Gasteiger partial charge on any atom is 1.00 e. The SMILES string of the molecule is CC1(C)CCCN1C[B-](F)(F)F.[K+]. The third kappa shape index (κ3) is 4.66. The maximum absolute atomic E-state index is 12.1. The topological polar surface area (TPSA) is 3.24 Å². The van der Waals surface area contributed by atoms with E-state index in [1.54, 1.807) is 0 Å². The molecule has 1 rings (SSSR count). The molecule has 72 valence electrons. The van der Waals surface area contributed by atoms with Crippen molar-refractivity contribution in [1.29, 1.82) is 0 Å². The second-order valence-corrected chi connectivity index (χ2v) is 4.07. The number of halogens is 3. The Hall–Kier alpha value is 1.45. The fourth-order valence-corrected chi connectivity index (χ4v) is 1.75. The molecular formula is C7H14BF3KN. The molecule has 1 aliphatic heterocycles. The Morgan fingerprint density at radius 1 is 1.31 bits per heavy atom. The summed E-state index contributed by atoms with van der Waals surface area (Å²) in [6, 6.07) is 0. The Morgan fingerprint density at radius 2 is 1.85 bits per heavy atom. The summed E-state index contributed by atoms with van der Waals surface area (Å²) in [4.78, 5) is 1.53. The van der Waals surface area contributed by atoms with Crippen molar-refractivity contribution in [3.05, 3.63) is 0 Å². The molecule has 0 aromatic carbocycles. The molecule has 13 heavy (non-hydrogen) atoms. The van der Waals surface area contributed by atoms with Gasteiger partial charge in [0.2, 0.25) is 0 Å². The largest absolute Gasteiger partial charge is 1.00 e. The molecule has 0 spiro atoms. The van der Waals surface area contributed by atoms with Crippen molar-refractivity contribution >= 4 is 6.98 Å². The van der Waals surface area contributed by atoms with Gasteiger partial charge in [0.25, 0.3) is 0 Å². The van der Waals surface area contributed by atoms with Gasteiger partial charge in [0, 0.05) is 5.54 Å². The Kier molecular flexibility index (Phi) is 5.54. The summed E-state index contributed by atoms with van der Waals surface area (Å²) in [6.07, 6.45) is 1.06. The van der Waals surface area contributed by atoms with E-state index in [0.717, 1.165) is 12.8 Å². The maximum atomic E-state index is 12.1. The van der Waals surface area contributed by atoms with Crippen LogP contribution in [0.3, 0.4) is 0 Å². The van der Waals surface area contributed by atoms with Gasteiger partial charge in [-0.05, 0) is 39.7 Å². The van der Waals surface area contributed by atoms with E-state index in [2.05, 4.69) is 0 Å². The summed E-state index contributed by atoms with van der Waals surface area (Å²) < 4.78 is 36.2. The van der Waals surface area contributed by atoms with E-state index in [9.17, 15) is 12.9 Å². The van der Waals surface area contributed by atoms with Crippen molar-refractivity contribution in [2.75, 3.05) is 13.0 Å². The van der Waals surface area contributed by atoms with Gasteiger partial charge in [0.1, 0.15) is 0 Å². The van der Waals surface area contributed by atoms with Crippen molar-refractivity contribution in [3.8, 4) is 0 Å². The number of hydrogen-bond donors (Lipinski definition) is 0. The summed E-state index contributed by atoms with van der Waals surface area (Å²) in [5, 5.41) is 0. The molecule has 0 radical (unpaired) electrons. The minimum Gasteiger partial charge on any atom is -0.448 e. The molecule has 1 fully saturated rings. The van der Waals surface area contributed by atoms with Crippen molar-refractivity contribution in [1.82, 2.24) is 4.90 Å². The van der Waals surface area contributed by atoms with Crippen molar-refractivity contribution < 1.29 is 64.3 Å². The fraction of sp³-hybridized carbons (Fsp3) is 1.00. The van der Waals surface area contributed by atoms with Gasteiger partial charge in [-0.25, -0.2) is 0 Å². The molecule has 1 aliphatic rings. The summed E-state index contributed by atoms with van der Waals surface area (Å²) in [7, 11) is 0. The van der Waals surface area contributed by atoms with Gasteiger partial charge in [-0.3, -0.25) is 0 Å². The first-order chi connectivity index (χ1) is 5.31. The third-order valence-electron chi connectivity index (χ3n) is 2.50. The first-order valence-corrected chi connectivity index (χ1v) is 4.27. The van der Waals surface area contributed by atoms with Gasteiger partial charge in [0.05, 0.1) is 0 Å². The summed E-state index contributed by atoms with van der Waals surface area (Å²) >= 11 is 0. The van der Waals surface area contributed by atoms with Crippen LogP contribution >= 0.6 is 0 Å². The van der Waals surface area contributed by atoms with Crippen molar-refractivity contribution in [2.45, 2.75) is 32.2 Å². The number of rotatable bonds is 2. The first kappa shape index (κ1) is 14.5. The summed E-state index contributed by atoms with van der Waals surface area (Å²) in [6.45, 7) is -0.308. The van der Waals surface area contributed by atoms with E-state index in [-0.39, 0.29) is 56.9 Å². The van der Waals surface area contributed by atoms with Gasteiger partial charge < -0.3 is 17.8 Å². The number of likely N-dealkylation sites (tertiary alicyclic amines) is 1. The Balaban J connectivity index is 0.00000144. The summed E-state index contributed by atoms with van der Waals surface area (Å²) in [5.74, 6) is 0. The Labute approximate surface area is 120 Å². The second kappa shape index (κ2) is 4.99. The van der Waals surface area contributed by atoms with E-state index in [1.165, 1.54) is 4.90 Å². The normalized spacial score (nSPS) is 22.8. The predicted octanol–water partition coefficient (Wildman–Crippen LogP) is -0.749. The zero-order valence-electron chi connectivity index (χ0n) is 8.49. The Bertz CT molecular complexity index is 172. The van der Waals surface area contributed by atoms with E-state index in [0.29, 0.717) is 6.54 Å². The van der Waals surface area contributed by atoms with E-state index >= 15 is 0 Å². The van der Waals surface area contributed by atoms with Crippen LogP contribution in [-0.4, -0.2) is 30.4 Å². The van der Waals surface area contributed by atoms with Crippen LogP contribution in [0.5, 0.6) is 0 Å². The van der Waals surface area contributed by atoms with Crippen molar-refractivity contribution in [2.24, 2.45) is 0 Å². The minimum atomic E-state index is -4.65. The van der Waals surface area contributed by atoms with Crippen LogP contribution in [0.2, 0.25) is 0 Å². The van der Waals surface area contributed by atoms with Gasteiger partial charge in [-0.15, -0.1) is 0 Å². The molecule has 0 N–H and O–H groups in total. The molecule has 6 heteroatoms. The minimum absolute atomic E-state index is 0. The first-order valence-electron chi connectivity index (χ1n) is 4.27. The average Bonchev–Trinajstić information content (AvgIpc) is 2.07. The molecule has 1 saturated heterocycles. The average molecular weight is 219 g/mol. The third-order valence-corrected chi connectivity index (χ3v) is 2.50. The van der Waals surface area contributed by atoms with Gasteiger partial charge >= 0.3 is 58.4 Å². The van der Waals surface area contributed by atoms with Crippen molar-refractivity contribution in [3.63, 3.8) is 0 Å². The van der Waals surface area contributed by atoms with Gasteiger partial charge in [0.15, 0.2) is 0 Å². The van der Waals surface area contributed by atoms with Gasteiger partial charge in [-0.1, -0.05) is 0 Å². The van der Waals surface area contributed by atoms with Crippen LogP contribution in [0.25, 0.3) is 0 Å². The van der Waals surface area contributed by atoms with E-state index in [1.807, 2.05) is 13.8 Å². The molecule has 0 amide bonds. The molecule has 0 unspecified atom stereocenters. The van der Waals surface area contributed by atoms with Crippen LogP contribution in [-0.2, 0) is 0 Å². The number of nitrogens with zero attached hydrogens (tertiary/aromatic N) is 1. The zero-order chi connectivity index (χ0) is 9.41. The zero-order valence-corrected chi connectivity index (χ0v) is 11.6. The smallest absolute Gasteiger partial charge is 0.448 e. The van der Waals surface area contributed by atoms with E-state index < -0.39 is 13.4 Å². The monoisotopic (exact) mass is 219 g/mol. The Morgan fingerprint density at radius 3 is 2.15 bits per heavy atom. The fourth-order valence-electron chi connectivity index (χ4n) is 1.75. The molecule has 1 nitrogen and oxygen atoms in total. The standard InChI is InChI=1S/C7H14BF3N.K/c1-7(2)4-3-5-12(7)6-8(9,10)11;/h3-6H2,1-2H3;/q-1;+1. The molecule has 0 aliphatic carbocycles. The van der Waals surface area contributed by atoms with Gasteiger partial charge in [-0.2, -0.15) is 0 Å².